The molecule has 1 saturated carbocycles. The van der Waals surface area contributed by atoms with E-state index in [2.05, 4.69) is 24.5 Å². The van der Waals surface area contributed by atoms with Crippen LogP contribution in [-0.4, -0.2) is 16.7 Å². The maximum atomic E-state index is 6.18. The number of hydrogen-bond donors (Lipinski definition) is 0. The standard InChI is InChI=1S/C17H23ClN2O/c1-11-6-4-7-13(12(11)2)20-14-8-5-9-15(21-3)17(14)19-16(20)10-18/h5,8-9,11-13H,4,6-7,10H2,1-3H3. The van der Waals surface area contributed by atoms with Crippen molar-refractivity contribution in [1.82, 2.24) is 9.55 Å². The van der Waals surface area contributed by atoms with Crippen molar-refractivity contribution in [3.8, 4) is 5.75 Å². The van der Waals surface area contributed by atoms with Gasteiger partial charge in [-0.25, -0.2) is 4.98 Å². The number of para-hydroxylation sites is 1. The number of rotatable bonds is 3. The van der Waals surface area contributed by atoms with Crippen molar-refractivity contribution >= 4 is 22.6 Å². The number of methoxy groups -OCH3 is 1. The maximum absolute atomic E-state index is 6.18. The fourth-order valence-corrected chi connectivity index (χ4v) is 3.88. The van der Waals surface area contributed by atoms with E-state index >= 15 is 0 Å². The Morgan fingerprint density at radius 2 is 2.14 bits per heavy atom. The van der Waals surface area contributed by atoms with Gasteiger partial charge in [0.2, 0.25) is 0 Å². The van der Waals surface area contributed by atoms with E-state index in [-0.39, 0.29) is 0 Å². The molecule has 114 valence electrons. The highest BCUT2D eigenvalue weighted by Gasteiger charge is 2.31. The molecule has 0 amide bonds. The fraction of sp³-hybridized carbons (Fsp3) is 0.588. The van der Waals surface area contributed by atoms with Crippen molar-refractivity contribution in [2.24, 2.45) is 11.8 Å². The summed E-state index contributed by atoms with van der Waals surface area (Å²) >= 11 is 6.18. The Morgan fingerprint density at radius 1 is 1.33 bits per heavy atom. The highest BCUT2D eigenvalue weighted by molar-refractivity contribution is 6.16. The molecular formula is C17H23ClN2O. The molecule has 3 nitrogen and oxygen atoms in total. The van der Waals surface area contributed by atoms with Crippen molar-refractivity contribution in [2.75, 3.05) is 7.11 Å². The van der Waals surface area contributed by atoms with E-state index in [9.17, 15) is 0 Å². The van der Waals surface area contributed by atoms with Gasteiger partial charge in [-0.05, 0) is 30.4 Å². The lowest BCUT2D eigenvalue weighted by Crippen LogP contribution is -2.27. The topological polar surface area (TPSA) is 27.1 Å². The van der Waals surface area contributed by atoms with Gasteiger partial charge >= 0.3 is 0 Å². The van der Waals surface area contributed by atoms with Gasteiger partial charge in [0.15, 0.2) is 0 Å². The second-order valence-electron chi connectivity index (χ2n) is 6.19. The number of aromatic nitrogens is 2. The van der Waals surface area contributed by atoms with E-state index in [4.69, 9.17) is 21.3 Å². The summed E-state index contributed by atoms with van der Waals surface area (Å²) in [5, 5.41) is 0. The molecule has 3 atom stereocenters. The summed E-state index contributed by atoms with van der Waals surface area (Å²) in [5.41, 5.74) is 2.08. The molecule has 0 N–H and O–H groups in total. The van der Waals surface area contributed by atoms with Crippen LogP contribution in [0.25, 0.3) is 11.0 Å². The summed E-state index contributed by atoms with van der Waals surface area (Å²) in [6.07, 6.45) is 3.81. The summed E-state index contributed by atoms with van der Waals surface area (Å²) in [5.74, 6) is 3.62. The number of benzene rings is 1. The Kier molecular flexibility index (Phi) is 4.12. The van der Waals surface area contributed by atoms with Crippen LogP contribution in [0, 0.1) is 11.8 Å². The number of ether oxygens (including phenoxy) is 1. The maximum Gasteiger partial charge on any atom is 0.146 e. The molecule has 21 heavy (non-hydrogen) atoms. The molecule has 3 unspecified atom stereocenters. The third-order valence-corrected chi connectivity index (χ3v) is 5.33. The van der Waals surface area contributed by atoms with Gasteiger partial charge in [0.1, 0.15) is 17.1 Å². The quantitative estimate of drug-likeness (QED) is 0.763. The molecule has 4 heteroatoms. The number of hydrogen-bond acceptors (Lipinski definition) is 2. The average molecular weight is 307 g/mol. The predicted octanol–water partition coefficient (Wildman–Crippen LogP) is 4.78. The highest BCUT2D eigenvalue weighted by atomic mass is 35.5. The van der Waals surface area contributed by atoms with Crippen LogP contribution in [0.2, 0.25) is 0 Å². The Balaban J connectivity index is 2.16. The Hall–Kier alpha value is -1.22. The van der Waals surface area contributed by atoms with Crippen LogP contribution in [0.1, 0.15) is 45.0 Å². The molecule has 0 bridgehead atoms. The van der Waals surface area contributed by atoms with Gasteiger partial charge in [0, 0.05) is 6.04 Å². The zero-order valence-corrected chi connectivity index (χ0v) is 13.7. The number of nitrogens with zero attached hydrogens (tertiary/aromatic N) is 2. The zero-order valence-electron chi connectivity index (χ0n) is 13.0. The minimum absolute atomic E-state index is 0.440. The average Bonchev–Trinajstić information content (AvgIpc) is 2.88. The van der Waals surface area contributed by atoms with Gasteiger partial charge in [-0.1, -0.05) is 32.8 Å². The van der Waals surface area contributed by atoms with Crippen LogP contribution in [0.5, 0.6) is 5.75 Å². The lowest BCUT2D eigenvalue weighted by atomic mass is 9.78. The van der Waals surface area contributed by atoms with Crippen LogP contribution in [-0.2, 0) is 5.88 Å². The van der Waals surface area contributed by atoms with E-state index in [1.165, 1.54) is 19.3 Å². The Morgan fingerprint density at radius 3 is 2.86 bits per heavy atom. The summed E-state index contributed by atoms with van der Waals surface area (Å²) in [6, 6.07) is 6.62. The molecule has 1 heterocycles. The van der Waals surface area contributed by atoms with Crippen molar-refractivity contribution in [3.63, 3.8) is 0 Å². The van der Waals surface area contributed by atoms with E-state index in [1.54, 1.807) is 7.11 Å². The second kappa shape index (κ2) is 5.88. The number of fused-ring (bicyclic) bond motifs is 1. The van der Waals surface area contributed by atoms with Gasteiger partial charge in [-0.15, -0.1) is 11.6 Å². The number of alkyl halides is 1. The molecule has 0 radical (unpaired) electrons. The third kappa shape index (κ3) is 2.42. The first-order chi connectivity index (χ1) is 10.2. The van der Waals surface area contributed by atoms with Crippen LogP contribution in [0.4, 0.5) is 0 Å². The van der Waals surface area contributed by atoms with Gasteiger partial charge in [-0.3, -0.25) is 0 Å². The van der Waals surface area contributed by atoms with Crippen LogP contribution >= 0.6 is 11.6 Å². The molecule has 0 spiro atoms. The Bertz CT molecular complexity index is 637. The largest absolute Gasteiger partial charge is 0.494 e. The van der Waals surface area contributed by atoms with Gasteiger partial charge < -0.3 is 9.30 Å². The minimum atomic E-state index is 0.440. The summed E-state index contributed by atoms with van der Waals surface area (Å²) in [4.78, 5) is 4.74. The van der Waals surface area contributed by atoms with Crippen LogP contribution in [0.15, 0.2) is 18.2 Å². The molecule has 1 aliphatic rings. The minimum Gasteiger partial charge on any atom is -0.494 e. The summed E-state index contributed by atoms with van der Waals surface area (Å²) in [7, 11) is 1.69. The lowest BCUT2D eigenvalue weighted by molar-refractivity contribution is 0.187. The number of halogens is 1. The van der Waals surface area contributed by atoms with E-state index in [1.807, 2.05) is 12.1 Å². The van der Waals surface area contributed by atoms with E-state index in [0.29, 0.717) is 17.8 Å². The Labute approximate surface area is 131 Å². The van der Waals surface area contributed by atoms with Crippen LogP contribution < -0.4 is 4.74 Å². The van der Waals surface area contributed by atoms with Gasteiger partial charge in [-0.2, -0.15) is 0 Å². The summed E-state index contributed by atoms with van der Waals surface area (Å²) in [6.45, 7) is 4.72. The van der Waals surface area contributed by atoms with Crippen molar-refractivity contribution in [1.29, 1.82) is 0 Å². The molecule has 0 aliphatic heterocycles. The normalized spacial score (nSPS) is 26.2. The molecular weight excluding hydrogens is 284 g/mol. The van der Waals surface area contributed by atoms with Crippen LogP contribution in [0.3, 0.4) is 0 Å². The monoisotopic (exact) mass is 306 g/mol. The van der Waals surface area contributed by atoms with Crippen molar-refractivity contribution in [2.45, 2.75) is 45.0 Å². The fourth-order valence-electron chi connectivity index (χ4n) is 3.69. The predicted molar refractivity (Wildman–Crippen MR) is 87.1 cm³/mol. The SMILES string of the molecule is COc1cccc2c1nc(CCl)n2C1CCCC(C)C1C. The highest BCUT2D eigenvalue weighted by Crippen LogP contribution is 2.41. The first-order valence-electron chi connectivity index (χ1n) is 7.77. The first kappa shape index (κ1) is 14.7. The number of imidazole rings is 1. The molecule has 2 aromatic rings. The van der Waals surface area contributed by atoms with Gasteiger partial charge in [0.25, 0.3) is 0 Å². The summed E-state index contributed by atoms with van der Waals surface area (Å²) < 4.78 is 7.82. The first-order valence-corrected chi connectivity index (χ1v) is 8.30. The van der Waals surface area contributed by atoms with E-state index in [0.717, 1.165) is 28.5 Å². The third-order valence-electron chi connectivity index (χ3n) is 5.09. The molecule has 3 rings (SSSR count). The molecule has 1 aliphatic carbocycles. The molecule has 1 aromatic carbocycles. The second-order valence-corrected chi connectivity index (χ2v) is 6.46. The molecule has 1 aromatic heterocycles. The van der Waals surface area contributed by atoms with Crippen molar-refractivity contribution < 1.29 is 4.74 Å². The molecule has 0 saturated heterocycles. The van der Waals surface area contributed by atoms with E-state index < -0.39 is 0 Å². The lowest BCUT2D eigenvalue weighted by Gasteiger charge is -2.36. The zero-order chi connectivity index (χ0) is 15.0. The molecule has 1 fully saturated rings. The smallest absolute Gasteiger partial charge is 0.146 e. The van der Waals surface area contributed by atoms with Gasteiger partial charge in [0.05, 0.1) is 18.5 Å². The van der Waals surface area contributed by atoms with Crippen molar-refractivity contribution in [3.05, 3.63) is 24.0 Å².